The molecule has 0 bridgehead atoms. The molecule has 2 aromatic heterocycles. The van der Waals surface area contributed by atoms with Crippen LogP contribution in [0.4, 0.5) is 5.69 Å². The minimum absolute atomic E-state index is 0.167. The van der Waals surface area contributed by atoms with E-state index in [2.05, 4.69) is 10.3 Å². The van der Waals surface area contributed by atoms with Crippen molar-refractivity contribution in [3.05, 3.63) is 102 Å². The van der Waals surface area contributed by atoms with E-state index < -0.39 is 0 Å². The molecule has 0 saturated carbocycles. The number of pyridine rings is 2. The zero-order valence-corrected chi connectivity index (χ0v) is 16.5. The van der Waals surface area contributed by atoms with Crippen LogP contribution in [-0.4, -0.2) is 15.9 Å². The van der Waals surface area contributed by atoms with Crippen molar-refractivity contribution in [1.82, 2.24) is 9.97 Å². The Morgan fingerprint density at radius 1 is 0.800 bits per heavy atom. The van der Waals surface area contributed by atoms with Crippen LogP contribution in [0, 0.1) is 6.92 Å². The molecule has 144 valence electrons. The summed E-state index contributed by atoms with van der Waals surface area (Å²) in [6.07, 6.45) is 1.72. The maximum Gasteiger partial charge on any atom is 0.256 e. The van der Waals surface area contributed by atoms with E-state index in [-0.39, 0.29) is 5.91 Å². The number of carbonyl (C=O) groups is 1. The normalized spacial score (nSPS) is 11.0. The van der Waals surface area contributed by atoms with Gasteiger partial charge in [0.05, 0.1) is 28.0 Å². The molecule has 4 nitrogen and oxygen atoms in total. The summed E-state index contributed by atoms with van der Waals surface area (Å²) in [6.45, 7) is 2.03. The topological polar surface area (TPSA) is 54.9 Å². The number of carbonyl (C=O) groups excluding carboxylic acids is 1. The van der Waals surface area contributed by atoms with E-state index in [1.165, 1.54) is 0 Å². The molecule has 0 fully saturated rings. The second kappa shape index (κ2) is 7.41. The van der Waals surface area contributed by atoms with Crippen LogP contribution in [0.3, 0.4) is 0 Å². The quantitative estimate of drug-likeness (QED) is 0.411. The number of aryl methyl sites for hydroxylation is 1. The number of nitrogens with one attached hydrogen (secondary N) is 1. The molecular weight excluding hydrogens is 370 g/mol. The molecule has 0 saturated heterocycles. The highest BCUT2D eigenvalue weighted by Crippen LogP contribution is 2.27. The highest BCUT2D eigenvalue weighted by molar-refractivity contribution is 6.15. The predicted octanol–water partition coefficient (Wildman–Crippen LogP) is 6.01. The molecule has 0 unspecified atom stereocenters. The summed E-state index contributed by atoms with van der Waals surface area (Å²) in [7, 11) is 0. The number of amides is 1. The smallest absolute Gasteiger partial charge is 0.256 e. The molecule has 30 heavy (non-hydrogen) atoms. The largest absolute Gasteiger partial charge is 0.321 e. The Morgan fingerprint density at radius 2 is 1.60 bits per heavy atom. The fourth-order valence-corrected chi connectivity index (χ4v) is 3.68. The summed E-state index contributed by atoms with van der Waals surface area (Å²) in [6, 6.07) is 27.4. The summed E-state index contributed by atoms with van der Waals surface area (Å²) in [5.41, 5.74) is 5.85. The number of benzene rings is 3. The lowest BCUT2D eigenvalue weighted by atomic mass is 10.0. The van der Waals surface area contributed by atoms with Gasteiger partial charge in [-0.15, -0.1) is 0 Å². The molecule has 4 heteroatoms. The molecule has 0 aliphatic carbocycles. The first kappa shape index (κ1) is 18.0. The maximum atomic E-state index is 13.4. The van der Waals surface area contributed by atoms with E-state index in [1.54, 1.807) is 6.20 Å². The Balaban J connectivity index is 1.62. The monoisotopic (exact) mass is 389 g/mol. The van der Waals surface area contributed by atoms with Crippen molar-refractivity contribution >= 4 is 33.4 Å². The van der Waals surface area contributed by atoms with Crippen molar-refractivity contribution in [2.75, 3.05) is 5.32 Å². The lowest BCUT2D eigenvalue weighted by Crippen LogP contribution is -2.13. The lowest BCUT2D eigenvalue weighted by molar-refractivity contribution is 0.102. The summed E-state index contributed by atoms with van der Waals surface area (Å²) >= 11 is 0. The highest BCUT2D eigenvalue weighted by Gasteiger charge is 2.15. The lowest BCUT2D eigenvalue weighted by Gasteiger charge is -2.12. The number of para-hydroxylation sites is 1. The van der Waals surface area contributed by atoms with Crippen LogP contribution in [0.15, 0.2) is 91.1 Å². The molecule has 0 aliphatic heterocycles. The molecule has 5 aromatic rings. The van der Waals surface area contributed by atoms with E-state index in [0.717, 1.165) is 44.3 Å². The van der Waals surface area contributed by atoms with Crippen LogP contribution < -0.4 is 5.32 Å². The maximum absolute atomic E-state index is 13.4. The molecule has 1 N–H and O–H groups in total. The van der Waals surface area contributed by atoms with Crippen molar-refractivity contribution in [1.29, 1.82) is 0 Å². The van der Waals surface area contributed by atoms with Gasteiger partial charge in [-0.05, 0) is 37.3 Å². The molecule has 0 spiro atoms. The zero-order chi connectivity index (χ0) is 20.5. The third kappa shape index (κ3) is 3.29. The second-order valence-electron chi connectivity index (χ2n) is 7.27. The summed E-state index contributed by atoms with van der Waals surface area (Å²) in [4.78, 5) is 22.6. The van der Waals surface area contributed by atoms with Crippen molar-refractivity contribution in [2.45, 2.75) is 6.92 Å². The van der Waals surface area contributed by atoms with Crippen molar-refractivity contribution < 1.29 is 4.79 Å². The van der Waals surface area contributed by atoms with E-state index in [1.807, 2.05) is 91.9 Å². The van der Waals surface area contributed by atoms with Crippen molar-refractivity contribution in [2.24, 2.45) is 0 Å². The SMILES string of the molecule is Cc1ccc2nccc(NC(=O)c3cc(-c4ccccc4)nc4ccccc34)c2c1. The standard InChI is InChI=1S/C26H19N3O/c1-17-11-12-22-21(15-17)24(13-14-27-22)29-26(30)20-16-25(18-7-3-2-4-8-18)28-23-10-6-5-9-19(20)23/h2-16H,1H3,(H,27,29,30). The van der Waals surface area contributed by atoms with E-state index >= 15 is 0 Å². The van der Waals surface area contributed by atoms with Gasteiger partial charge in [0.25, 0.3) is 5.91 Å². The Hall–Kier alpha value is -4.05. The van der Waals surface area contributed by atoms with Crippen LogP contribution in [0.25, 0.3) is 33.1 Å². The van der Waals surface area contributed by atoms with Gasteiger partial charge in [-0.2, -0.15) is 0 Å². The molecule has 3 aromatic carbocycles. The number of hydrogen-bond acceptors (Lipinski definition) is 3. The number of anilines is 1. The molecule has 0 aliphatic rings. The number of aromatic nitrogens is 2. The van der Waals surface area contributed by atoms with E-state index in [9.17, 15) is 4.79 Å². The second-order valence-corrected chi connectivity index (χ2v) is 7.27. The fourth-order valence-electron chi connectivity index (χ4n) is 3.68. The third-order valence-corrected chi connectivity index (χ3v) is 5.18. The molecule has 1 amide bonds. The average Bonchev–Trinajstić information content (AvgIpc) is 2.79. The Labute approximate surface area is 174 Å². The summed E-state index contributed by atoms with van der Waals surface area (Å²) in [5.74, 6) is -0.167. The summed E-state index contributed by atoms with van der Waals surface area (Å²) in [5, 5.41) is 4.84. The molecule has 0 atom stereocenters. The van der Waals surface area contributed by atoms with Crippen LogP contribution in [0.1, 0.15) is 15.9 Å². The fraction of sp³-hybridized carbons (Fsp3) is 0.0385. The van der Waals surface area contributed by atoms with Gasteiger partial charge < -0.3 is 5.32 Å². The van der Waals surface area contributed by atoms with Crippen molar-refractivity contribution in [3.63, 3.8) is 0 Å². The van der Waals surface area contributed by atoms with E-state index in [0.29, 0.717) is 5.56 Å². The Morgan fingerprint density at radius 3 is 2.47 bits per heavy atom. The number of rotatable bonds is 3. The third-order valence-electron chi connectivity index (χ3n) is 5.18. The molecule has 2 heterocycles. The van der Waals surface area contributed by atoms with Crippen LogP contribution in [-0.2, 0) is 0 Å². The summed E-state index contributed by atoms with van der Waals surface area (Å²) < 4.78 is 0. The first-order chi connectivity index (χ1) is 14.7. The van der Waals surface area contributed by atoms with E-state index in [4.69, 9.17) is 4.98 Å². The van der Waals surface area contributed by atoms with Crippen molar-refractivity contribution in [3.8, 4) is 11.3 Å². The van der Waals surface area contributed by atoms with Gasteiger partial charge in [0, 0.05) is 22.5 Å². The number of hydrogen-bond donors (Lipinski definition) is 1. The van der Waals surface area contributed by atoms with Crippen LogP contribution in [0.2, 0.25) is 0 Å². The van der Waals surface area contributed by atoms with Crippen LogP contribution >= 0.6 is 0 Å². The number of fused-ring (bicyclic) bond motifs is 2. The molecular formula is C26H19N3O. The minimum Gasteiger partial charge on any atom is -0.321 e. The van der Waals surface area contributed by atoms with Gasteiger partial charge in [0.1, 0.15) is 0 Å². The van der Waals surface area contributed by atoms with Gasteiger partial charge >= 0.3 is 0 Å². The van der Waals surface area contributed by atoms with Gasteiger partial charge in [0.15, 0.2) is 0 Å². The zero-order valence-electron chi connectivity index (χ0n) is 16.5. The molecule has 0 radical (unpaired) electrons. The average molecular weight is 389 g/mol. The minimum atomic E-state index is -0.167. The Kier molecular flexibility index (Phi) is 4.45. The van der Waals surface area contributed by atoms with Gasteiger partial charge in [-0.1, -0.05) is 60.2 Å². The van der Waals surface area contributed by atoms with Gasteiger partial charge in [-0.3, -0.25) is 9.78 Å². The van der Waals surface area contributed by atoms with Crippen LogP contribution in [0.5, 0.6) is 0 Å². The van der Waals surface area contributed by atoms with Gasteiger partial charge in [-0.25, -0.2) is 4.98 Å². The first-order valence-corrected chi connectivity index (χ1v) is 9.81. The molecule has 5 rings (SSSR count). The highest BCUT2D eigenvalue weighted by atomic mass is 16.1. The predicted molar refractivity (Wildman–Crippen MR) is 122 cm³/mol. The van der Waals surface area contributed by atoms with Gasteiger partial charge in [0.2, 0.25) is 0 Å². The number of nitrogens with zero attached hydrogens (tertiary/aromatic N) is 2. The first-order valence-electron chi connectivity index (χ1n) is 9.81. The Bertz CT molecular complexity index is 1390.